The van der Waals surface area contributed by atoms with Gasteiger partial charge in [-0.15, -0.1) is 0 Å². The van der Waals surface area contributed by atoms with Crippen molar-refractivity contribution in [1.29, 1.82) is 0 Å². The van der Waals surface area contributed by atoms with E-state index >= 15 is 0 Å². The summed E-state index contributed by atoms with van der Waals surface area (Å²) in [6, 6.07) is 2.14. The second kappa shape index (κ2) is 5.64. The molecule has 7 heteroatoms. The van der Waals surface area contributed by atoms with E-state index in [0.717, 1.165) is 12.1 Å². The zero-order valence-corrected chi connectivity index (χ0v) is 9.13. The molecule has 0 spiro atoms. The fourth-order valence-corrected chi connectivity index (χ4v) is 1.02. The third-order valence-corrected chi connectivity index (χ3v) is 1.61. The van der Waals surface area contributed by atoms with Gasteiger partial charge in [-0.05, 0) is 12.5 Å². The first-order valence-corrected chi connectivity index (χ1v) is 4.56. The summed E-state index contributed by atoms with van der Waals surface area (Å²) in [4.78, 5) is 19.0. The number of aryl methyl sites for hydroxylation is 1. The third kappa shape index (κ3) is 2.91. The van der Waals surface area contributed by atoms with Gasteiger partial charge in [-0.3, -0.25) is 20.2 Å². The Morgan fingerprint density at radius 2 is 1.38 bits per heavy atom. The number of nitro groups is 2. The van der Waals surface area contributed by atoms with Gasteiger partial charge in [-0.2, -0.15) is 0 Å². The van der Waals surface area contributed by atoms with Crippen molar-refractivity contribution >= 4 is 11.4 Å². The van der Waals surface area contributed by atoms with Gasteiger partial charge < -0.3 is 5.11 Å². The second-order valence-electron chi connectivity index (χ2n) is 2.67. The Hall–Kier alpha value is -2.18. The lowest BCUT2D eigenvalue weighted by Crippen LogP contribution is -1.95. The predicted molar refractivity (Wildman–Crippen MR) is 57.5 cm³/mol. The van der Waals surface area contributed by atoms with Gasteiger partial charge in [0.1, 0.15) is 0 Å². The van der Waals surface area contributed by atoms with Crippen LogP contribution in [0, 0.1) is 27.2 Å². The van der Waals surface area contributed by atoms with E-state index in [9.17, 15) is 25.3 Å². The van der Waals surface area contributed by atoms with Crippen molar-refractivity contribution in [3.8, 4) is 5.75 Å². The molecule has 0 radical (unpaired) electrons. The molecule has 1 aromatic carbocycles. The minimum Gasteiger partial charge on any atom is -0.497 e. The number of hydrogen-bond donors (Lipinski definition) is 1. The maximum absolute atomic E-state index is 10.4. The molecular weight excluding hydrogens is 216 g/mol. The van der Waals surface area contributed by atoms with E-state index in [-0.39, 0.29) is 0 Å². The lowest BCUT2D eigenvalue weighted by atomic mass is 10.2. The summed E-state index contributed by atoms with van der Waals surface area (Å²) in [6.07, 6.45) is 0. The summed E-state index contributed by atoms with van der Waals surface area (Å²) < 4.78 is 0. The van der Waals surface area contributed by atoms with Gasteiger partial charge in [0.25, 0.3) is 5.75 Å². The van der Waals surface area contributed by atoms with Crippen LogP contribution in [0.15, 0.2) is 12.1 Å². The van der Waals surface area contributed by atoms with Crippen molar-refractivity contribution in [3.63, 3.8) is 0 Å². The van der Waals surface area contributed by atoms with Crippen molar-refractivity contribution in [2.75, 3.05) is 0 Å². The second-order valence-corrected chi connectivity index (χ2v) is 2.67. The SMILES string of the molecule is CC.Cc1cc([N+](=O)[O-])c(O)c([N+](=O)[O-])c1. The van der Waals surface area contributed by atoms with E-state index < -0.39 is 27.0 Å². The van der Waals surface area contributed by atoms with Gasteiger partial charge in [0.2, 0.25) is 0 Å². The summed E-state index contributed by atoms with van der Waals surface area (Å²) in [6.45, 7) is 5.47. The summed E-state index contributed by atoms with van der Waals surface area (Å²) in [7, 11) is 0. The van der Waals surface area contributed by atoms with Crippen LogP contribution in [-0.4, -0.2) is 15.0 Å². The van der Waals surface area contributed by atoms with Gasteiger partial charge in [0.15, 0.2) is 0 Å². The summed E-state index contributed by atoms with van der Waals surface area (Å²) >= 11 is 0. The molecule has 1 N–H and O–H groups in total. The zero-order valence-electron chi connectivity index (χ0n) is 9.13. The molecule has 0 aromatic heterocycles. The molecule has 0 saturated heterocycles. The van der Waals surface area contributed by atoms with Gasteiger partial charge in [0, 0.05) is 12.1 Å². The van der Waals surface area contributed by atoms with Crippen LogP contribution in [0.25, 0.3) is 0 Å². The van der Waals surface area contributed by atoms with E-state index in [0.29, 0.717) is 5.56 Å². The fraction of sp³-hybridized carbons (Fsp3) is 0.333. The molecule has 0 atom stereocenters. The molecule has 0 amide bonds. The molecule has 7 nitrogen and oxygen atoms in total. The van der Waals surface area contributed by atoms with Gasteiger partial charge in [-0.25, -0.2) is 0 Å². The first-order chi connectivity index (χ1) is 7.43. The van der Waals surface area contributed by atoms with Crippen LogP contribution >= 0.6 is 0 Å². The van der Waals surface area contributed by atoms with Gasteiger partial charge in [0.05, 0.1) is 9.85 Å². The van der Waals surface area contributed by atoms with Crippen LogP contribution in [0.2, 0.25) is 0 Å². The Morgan fingerprint density at radius 1 is 1.06 bits per heavy atom. The highest BCUT2D eigenvalue weighted by molar-refractivity contribution is 5.60. The Balaban J connectivity index is 0.00000106. The normalized spacial score (nSPS) is 8.94. The summed E-state index contributed by atoms with van der Waals surface area (Å²) in [5, 5.41) is 29.9. The average Bonchev–Trinajstić information content (AvgIpc) is 2.23. The van der Waals surface area contributed by atoms with Gasteiger partial charge in [-0.1, -0.05) is 13.8 Å². The Labute approximate surface area is 91.6 Å². The van der Waals surface area contributed by atoms with Crippen molar-refractivity contribution in [2.24, 2.45) is 0 Å². The van der Waals surface area contributed by atoms with Crippen LogP contribution in [0.1, 0.15) is 19.4 Å². The number of nitrogens with zero attached hydrogens (tertiary/aromatic N) is 2. The molecule has 16 heavy (non-hydrogen) atoms. The molecule has 0 saturated carbocycles. The smallest absolute Gasteiger partial charge is 0.318 e. The molecule has 0 fully saturated rings. The lowest BCUT2D eigenvalue weighted by molar-refractivity contribution is -0.396. The fourth-order valence-electron chi connectivity index (χ4n) is 1.02. The van der Waals surface area contributed by atoms with Crippen LogP contribution in [0.4, 0.5) is 11.4 Å². The Morgan fingerprint density at radius 3 is 1.62 bits per heavy atom. The molecule has 0 aliphatic carbocycles. The number of rotatable bonds is 2. The Bertz CT molecular complexity index is 381. The van der Waals surface area contributed by atoms with Crippen LogP contribution in [0.5, 0.6) is 5.75 Å². The number of hydrogen-bond acceptors (Lipinski definition) is 5. The zero-order chi connectivity index (χ0) is 12.9. The lowest BCUT2D eigenvalue weighted by Gasteiger charge is -1.98. The maximum Gasteiger partial charge on any atom is 0.318 e. The number of aromatic hydroxyl groups is 1. The number of nitro benzene ring substituents is 2. The van der Waals surface area contributed by atoms with Crippen LogP contribution < -0.4 is 0 Å². The largest absolute Gasteiger partial charge is 0.497 e. The summed E-state index contributed by atoms with van der Waals surface area (Å²) in [5.41, 5.74) is -0.963. The monoisotopic (exact) mass is 228 g/mol. The van der Waals surface area contributed by atoms with E-state index in [1.165, 1.54) is 6.92 Å². The van der Waals surface area contributed by atoms with E-state index in [2.05, 4.69) is 0 Å². The molecular formula is C9H12N2O5. The van der Waals surface area contributed by atoms with Crippen molar-refractivity contribution < 1.29 is 15.0 Å². The molecule has 0 unspecified atom stereocenters. The highest BCUT2D eigenvalue weighted by Gasteiger charge is 2.24. The minimum absolute atomic E-state index is 0.348. The number of phenolic OH excluding ortho intramolecular Hbond substituents is 1. The van der Waals surface area contributed by atoms with Crippen molar-refractivity contribution in [2.45, 2.75) is 20.8 Å². The molecule has 0 aliphatic heterocycles. The molecule has 1 aromatic rings. The van der Waals surface area contributed by atoms with Crippen LogP contribution in [0.3, 0.4) is 0 Å². The van der Waals surface area contributed by atoms with Crippen molar-refractivity contribution in [3.05, 3.63) is 37.9 Å². The molecule has 1 rings (SSSR count). The molecule has 0 heterocycles. The predicted octanol–water partition coefficient (Wildman–Crippen LogP) is 2.54. The van der Waals surface area contributed by atoms with E-state index in [4.69, 9.17) is 0 Å². The van der Waals surface area contributed by atoms with Crippen LogP contribution in [-0.2, 0) is 0 Å². The molecule has 88 valence electrons. The first kappa shape index (κ1) is 13.8. The number of phenols is 1. The third-order valence-electron chi connectivity index (χ3n) is 1.61. The minimum atomic E-state index is -0.911. The number of benzene rings is 1. The summed E-state index contributed by atoms with van der Waals surface area (Å²) in [5.74, 6) is -0.911. The highest BCUT2D eigenvalue weighted by Crippen LogP contribution is 2.36. The standard InChI is InChI=1S/C7H6N2O5.C2H6/c1-4-2-5(8(11)12)7(10)6(3-4)9(13)14;1-2/h2-3,10H,1H3;1-2H3. The quantitative estimate of drug-likeness (QED) is 0.618. The Kier molecular flexibility index (Phi) is 4.87. The molecule has 0 aliphatic rings. The topological polar surface area (TPSA) is 107 Å². The van der Waals surface area contributed by atoms with E-state index in [1.807, 2.05) is 13.8 Å². The average molecular weight is 228 g/mol. The van der Waals surface area contributed by atoms with Gasteiger partial charge >= 0.3 is 11.4 Å². The maximum atomic E-state index is 10.4. The first-order valence-electron chi connectivity index (χ1n) is 4.56. The van der Waals surface area contributed by atoms with E-state index in [1.54, 1.807) is 0 Å². The highest BCUT2D eigenvalue weighted by atomic mass is 16.6. The molecule has 0 bridgehead atoms. The van der Waals surface area contributed by atoms with Crippen molar-refractivity contribution in [1.82, 2.24) is 0 Å².